The summed E-state index contributed by atoms with van der Waals surface area (Å²) in [4.78, 5) is 41.6. The van der Waals surface area contributed by atoms with Crippen LogP contribution < -0.4 is 17.0 Å². The van der Waals surface area contributed by atoms with Gasteiger partial charge in [-0.15, -0.1) is 10.2 Å². The fraction of sp³-hybridized carbons (Fsp3) is 0.368. The van der Waals surface area contributed by atoms with Crippen LogP contribution in [0, 0.1) is 0 Å². The molecule has 0 spiro atoms. The minimum atomic E-state index is -0.708. The molecule has 3 heterocycles. The van der Waals surface area contributed by atoms with E-state index < -0.39 is 22.3 Å². The molecule has 3 rings (SSSR count). The molecule has 1 atom stereocenters. The highest BCUT2D eigenvalue weighted by Gasteiger charge is 2.27. The predicted octanol–water partition coefficient (Wildman–Crippen LogP) is 1.09. The zero-order valence-electron chi connectivity index (χ0n) is 17.2. The Balaban J connectivity index is 1.97. The molecule has 30 heavy (non-hydrogen) atoms. The maximum absolute atomic E-state index is 13.1. The monoisotopic (exact) mass is 429 g/mol. The minimum absolute atomic E-state index is 0.145. The largest absolute Gasteiger partial charge is 0.384 e. The van der Waals surface area contributed by atoms with Crippen LogP contribution in [0.5, 0.6) is 0 Å². The molecule has 0 aliphatic rings. The average Bonchev–Trinajstić information content (AvgIpc) is 3.14. The molecule has 0 radical (unpaired) electrons. The summed E-state index contributed by atoms with van der Waals surface area (Å²) in [6.45, 7) is 4.37. The number of pyridine rings is 1. The summed E-state index contributed by atoms with van der Waals surface area (Å²) in [5.74, 6) is 0.0668. The lowest BCUT2D eigenvalue weighted by Gasteiger charge is -2.15. The number of rotatable bonds is 7. The maximum Gasteiger partial charge on any atom is 0.332 e. The molecule has 158 valence electrons. The number of ketones is 1. The lowest BCUT2D eigenvalue weighted by atomic mass is 10.1. The molecule has 0 fully saturated rings. The normalized spacial score (nSPS) is 12.1. The van der Waals surface area contributed by atoms with Crippen molar-refractivity contribution in [2.75, 3.05) is 5.73 Å². The van der Waals surface area contributed by atoms with Gasteiger partial charge in [0.05, 0.1) is 5.25 Å². The van der Waals surface area contributed by atoms with Crippen molar-refractivity contribution in [3.63, 3.8) is 0 Å². The Kier molecular flexibility index (Phi) is 6.20. The Bertz CT molecular complexity index is 1200. The molecule has 3 aromatic heterocycles. The van der Waals surface area contributed by atoms with Crippen LogP contribution in [0.25, 0.3) is 11.4 Å². The number of nitrogens with zero attached hydrogens (tertiary/aromatic N) is 6. The minimum Gasteiger partial charge on any atom is -0.384 e. The molecule has 0 amide bonds. The molecular formula is C19H23N7O3S. The van der Waals surface area contributed by atoms with Gasteiger partial charge in [0, 0.05) is 38.6 Å². The quantitative estimate of drug-likeness (QED) is 0.436. The van der Waals surface area contributed by atoms with Gasteiger partial charge in [0.15, 0.2) is 16.8 Å². The van der Waals surface area contributed by atoms with Crippen molar-refractivity contribution < 1.29 is 4.79 Å². The molecule has 2 N–H and O–H groups in total. The number of nitrogens with two attached hydrogens (primary N) is 1. The standard InChI is InChI=1S/C19H23N7O3S/c1-5-10-26-16(12-6-8-21-9-7-12)22-23-18(26)30-11(2)14(27)13-15(20)24(3)19(29)25(4)17(13)28/h6-9,11H,5,10,20H2,1-4H3. The van der Waals surface area contributed by atoms with Crippen LogP contribution >= 0.6 is 11.8 Å². The molecular weight excluding hydrogens is 406 g/mol. The third kappa shape index (κ3) is 3.80. The SMILES string of the molecule is CCCn1c(SC(C)C(=O)c2c(N)n(C)c(=O)n(C)c2=O)nnc1-c1ccncc1. The Morgan fingerprint density at radius 2 is 1.83 bits per heavy atom. The van der Waals surface area contributed by atoms with E-state index in [1.807, 2.05) is 23.6 Å². The number of nitrogen functional groups attached to an aromatic ring is 1. The van der Waals surface area contributed by atoms with Gasteiger partial charge in [-0.1, -0.05) is 18.7 Å². The van der Waals surface area contributed by atoms with Crippen molar-refractivity contribution in [2.24, 2.45) is 14.1 Å². The van der Waals surface area contributed by atoms with Crippen LogP contribution in [0.15, 0.2) is 39.3 Å². The summed E-state index contributed by atoms with van der Waals surface area (Å²) in [7, 11) is 2.74. The van der Waals surface area contributed by atoms with Crippen LogP contribution in [0.2, 0.25) is 0 Å². The fourth-order valence-electron chi connectivity index (χ4n) is 3.02. The first-order valence-electron chi connectivity index (χ1n) is 9.37. The summed E-state index contributed by atoms with van der Waals surface area (Å²) in [6.07, 6.45) is 4.20. The molecule has 0 aromatic carbocycles. The van der Waals surface area contributed by atoms with Gasteiger partial charge in [-0.2, -0.15) is 0 Å². The number of hydrogen-bond donors (Lipinski definition) is 1. The van der Waals surface area contributed by atoms with E-state index >= 15 is 0 Å². The topological polar surface area (TPSA) is 131 Å². The lowest BCUT2D eigenvalue weighted by molar-refractivity contribution is 0.0992. The van der Waals surface area contributed by atoms with Crippen LogP contribution in [-0.2, 0) is 20.6 Å². The summed E-state index contributed by atoms with van der Waals surface area (Å²) in [6, 6.07) is 3.68. The Morgan fingerprint density at radius 3 is 2.47 bits per heavy atom. The van der Waals surface area contributed by atoms with E-state index in [0.29, 0.717) is 17.5 Å². The lowest BCUT2D eigenvalue weighted by Crippen LogP contribution is -2.42. The van der Waals surface area contributed by atoms with E-state index in [4.69, 9.17) is 5.73 Å². The average molecular weight is 430 g/mol. The smallest absolute Gasteiger partial charge is 0.332 e. The number of thioether (sulfide) groups is 1. The van der Waals surface area contributed by atoms with Crippen molar-refractivity contribution in [1.29, 1.82) is 0 Å². The third-order valence-electron chi connectivity index (χ3n) is 4.71. The van der Waals surface area contributed by atoms with Gasteiger partial charge in [0.2, 0.25) is 0 Å². The number of anilines is 1. The molecule has 0 bridgehead atoms. The Hall–Kier alpha value is -3.21. The van der Waals surface area contributed by atoms with Gasteiger partial charge in [-0.25, -0.2) is 4.79 Å². The van der Waals surface area contributed by atoms with Crippen molar-refractivity contribution in [1.82, 2.24) is 28.9 Å². The van der Waals surface area contributed by atoms with E-state index in [0.717, 1.165) is 21.1 Å². The molecule has 3 aromatic rings. The van der Waals surface area contributed by atoms with Gasteiger partial charge >= 0.3 is 5.69 Å². The number of aromatic nitrogens is 6. The number of carbonyl (C=O) groups excluding carboxylic acids is 1. The van der Waals surface area contributed by atoms with E-state index in [1.165, 1.54) is 25.9 Å². The highest BCUT2D eigenvalue weighted by molar-refractivity contribution is 8.00. The molecule has 0 aliphatic carbocycles. The van der Waals surface area contributed by atoms with Crippen LogP contribution in [0.4, 0.5) is 5.82 Å². The van der Waals surface area contributed by atoms with Crippen LogP contribution in [0.1, 0.15) is 30.6 Å². The second kappa shape index (κ2) is 8.66. The van der Waals surface area contributed by atoms with Crippen molar-refractivity contribution in [2.45, 2.75) is 37.2 Å². The number of carbonyl (C=O) groups is 1. The van der Waals surface area contributed by atoms with Gasteiger partial charge < -0.3 is 10.3 Å². The van der Waals surface area contributed by atoms with Crippen molar-refractivity contribution in [3.8, 4) is 11.4 Å². The van der Waals surface area contributed by atoms with Crippen LogP contribution in [0.3, 0.4) is 0 Å². The summed E-state index contributed by atoms with van der Waals surface area (Å²) >= 11 is 1.20. The molecule has 1 unspecified atom stereocenters. The van der Waals surface area contributed by atoms with Crippen molar-refractivity contribution in [3.05, 3.63) is 50.9 Å². The number of hydrogen-bond acceptors (Lipinski definition) is 8. The third-order valence-corrected chi connectivity index (χ3v) is 5.79. The van der Waals surface area contributed by atoms with Crippen molar-refractivity contribution >= 4 is 23.4 Å². The highest BCUT2D eigenvalue weighted by Crippen LogP contribution is 2.28. The molecule has 10 nitrogen and oxygen atoms in total. The van der Waals surface area contributed by atoms with Gasteiger partial charge in [-0.3, -0.25) is 23.7 Å². The van der Waals surface area contributed by atoms with Crippen LogP contribution in [-0.4, -0.2) is 39.9 Å². The van der Waals surface area contributed by atoms with E-state index in [-0.39, 0.29) is 11.4 Å². The summed E-state index contributed by atoms with van der Waals surface area (Å²) in [5, 5.41) is 8.43. The Labute approximate surface area is 176 Å². The zero-order chi connectivity index (χ0) is 22.0. The fourth-order valence-corrected chi connectivity index (χ4v) is 3.96. The maximum atomic E-state index is 13.1. The molecule has 11 heteroatoms. The van der Waals surface area contributed by atoms with E-state index in [9.17, 15) is 14.4 Å². The first kappa shape index (κ1) is 21.5. The van der Waals surface area contributed by atoms with E-state index in [1.54, 1.807) is 19.3 Å². The second-order valence-electron chi connectivity index (χ2n) is 6.78. The highest BCUT2D eigenvalue weighted by atomic mass is 32.2. The first-order chi connectivity index (χ1) is 14.3. The summed E-state index contributed by atoms with van der Waals surface area (Å²) in [5.41, 5.74) is 5.30. The van der Waals surface area contributed by atoms with Gasteiger partial charge in [0.25, 0.3) is 5.56 Å². The summed E-state index contributed by atoms with van der Waals surface area (Å²) < 4.78 is 3.90. The zero-order valence-corrected chi connectivity index (χ0v) is 18.0. The van der Waals surface area contributed by atoms with Gasteiger partial charge in [0.1, 0.15) is 11.4 Å². The molecule has 0 saturated carbocycles. The number of Topliss-reactive ketones (excluding diaryl/α,β-unsaturated/α-hetero) is 1. The first-order valence-corrected chi connectivity index (χ1v) is 10.3. The second-order valence-corrected chi connectivity index (χ2v) is 8.09. The predicted molar refractivity (Wildman–Crippen MR) is 115 cm³/mol. The molecule has 0 aliphatic heterocycles. The molecule has 0 saturated heterocycles. The van der Waals surface area contributed by atoms with E-state index in [2.05, 4.69) is 15.2 Å². The van der Waals surface area contributed by atoms with Gasteiger partial charge in [-0.05, 0) is 25.5 Å². The Morgan fingerprint density at radius 1 is 1.17 bits per heavy atom.